The van der Waals surface area contributed by atoms with E-state index in [9.17, 15) is 4.79 Å². The number of hydrogen-bond acceptors (Lipinski definition) is 2. The number of carbonyl (C=O) groups is 1. The predicted molar refractivity (Wildman–Crippen MR) is 77.7 cm³/mol. The van der Waals surface area contributed by atoms with Crippen molar-refractivity contribution in [3.8, 4) is 0 Å². The van der Waals surface area contributed by atoms with Crippen LogP contribution in [0.5, 0.6) is 0 Å². The first-order valence-electron chi connectivity index (χ1n) is 7.72. The molecule has 0 aromatic rings. The van der Waals surface area contributed by atoms with Gasteiger partial charge in [-0.1, -0.05) is 46.6 Å². The molecule has 2 heteroatoms. The fraction of sp³-hybridized carbons (Fsp3) is 0.824. The molecule has 0 aromatic carbocycles. The molecule has 108 valence electrons. The number of ether oxygens (including phenoxy) is 1. The molecule has 0 radical (unpaired) electrons. The van der Waals surface area contributed by atoms with Crippen LogP contribution in [0.3, 0.4) is 0 Å². The maximum absolute atomic E-state index is 11.4. The van der Waals surface area contributed by atoms with Crippen LogP contribution in [0.1, 0.15) is 60.3 Å². The zero-order valence-corrected chi connectivity index (χ0v) is 13.0. The van der Waals surface area contributed by atoms with E-state index >= 15 is 0 Å². The molecule has 2 aliphatic rings. The molecular weight excluding hydrogens is 236 g/mol. The lowest BCUT2D eigenvalue weighted by molar-refractivity contribution is -0.147. The fourth-order valence-corrected chi connectivity index (χ4v) is 4.34. The van der Waals surface area contributed by atoms with Crippen molar-refractivity contribution in [3.63, 3.8) is 0 Å². The van der Waals surface area contributed by atoms with E-state index in [1.165, 1.54) is 31.8 Å². The Morgan fingerprint density at radius 1 is 1.47 bits per heavy atom. The molecule has 2 nitrogen and oxygen atoms in total. The fourth-order valence-electron chi connectivity index (χ4n) is 4.34. The summed E-state index contributed by atoms with van der Waals surface area (Å²) in [5.74, 6) is 1.51. The highest BCUT2D eigenvalue weighted by Crippen LogP contribution is 2.55. The Labute approximate surface area is 117 Å². The Bertz CT molecular complexity index is 383. The summed E-state index contributed by atoms with van der Waals surface area (Å²) in [4.78, 5) is 11.4. The largest absolute Gasteiger partial charge is 0.458 e. The van der Waals surface area contributed by atoms with E-state index in [1.807, 2.05) is 0 Å². The molecule has 1 fully saturated rings. The van der Waals surface area contributed by atoms with Crippen molar-refractivity contribution in [1.82, 2.24) is 0 Å². The van der Waals surface area contributed by atoms with Crippen molar-refractivity contribution in [2.75, 3.05) is 0 Å². The summed E-state index contributed by atoms with van der Waals surface area (Å²) in [6, 6.07) is 0. The third kappa shape index (κ3) is 2.73. The summed E-state index contributed by atoms with van der Waals surface area (Å²) >= 11 is 0. The SMILES string of the molecule is CC(=O)O[C@@H](C1=CC[C@]2(C)CCCC(C)[C@H]12)C(C)C. The molecule has 0 spiro atoms. The second kappa shape index (κ2) is 5.30. The minimum atomic E-state index is -0.156. The minimum absolute atomic E-state index is 0.0233. The number of fused-ring (bicyclic) bond motifs is 1. The van der Waals surface area contributed by atoms with E-state index in [-0.39, 0.29) is 12.1 Å². The maximum atomic E-state index is 11.4. The molecule has 2 rings (SSSR count). The van der Waals surface area contributed by atoms with Gasteiger partial charge in [0.15, 0.2) is 0 Å². The average molecular weight is 264 g/mol. The molecule has 19 heavy (non-hydrogen) atoms. The summed E-state index contributed by atoms with van der Waals surface area (Å²) in [6.45, 7) is 10.6. The van der Waals surface area contributed by atoms with Gasteiger partial charge in [-0.3, -0.25) is 4.79 Å². The zero-order valence-electron chi connectivity index (χ0n) is 13.0. The highest BCUT2D eigenvalue weighted by molar-refractivity contribution is 5.66. The Kier molecular flexibility index (Phi) is 4.08. The van der Waals surface area contributed by atoms with Crippen LogP contribution in [-0.4, -0.2) is 12.1 Å². The molecule has 0 N–H and O–H groups in total. The van der Waals surface area contributed by atoms with E-state index in [2.05, 4.69) is 33.8 Å². The molecule has 4 atom stereocenters. The van der Waals surface area contributed by atoms with Crippen LogP contribution in [0.25, 0.3) is 0 Å². The van der Waals surface area contributed by atoms with E-state index in [4.69, 9.17) is 4.74 Å². The molecule has 0 saturated heterocycles. The second-order valence-corrected chi connectivity index (χ2v) is 7.18. The minimum Gasteiger partial charge on any atom is -0.458 e. The molecule has 0 bridgehead atoms. The van der Waals surface area contributed by atoms with Crippen LogP contribution in [-0.2, 0) is 9.53 Å². The van der Waals surface area contributed by atoms with Crippen LogP contribution in [0, 0.1) is 23.2 Å². The monoisotopic (exact) mass is 264 g/mol. The van der Waals surface area contributed by atoms with E-state index in [1.54, 1.807) is 0 Å². The van der Waals surface area contributed by atoms with Gasteiger partial charge in [0.2, 0.25) is 0 Å². The van der Waals surface area contributed by atoms with Gasteiger partial charge in [-0.2, -0.15) is 0 Å². The topological polar surface area (TPSA) is 26.3 Å². The van der Waals surface area contributed by atoms with Gasteiger partial charge in [0.05, 0.1) is 0 Å². The highest BCUT2D eigenvalue weighted by Gasteiger charge is 2.47. The first kappa shape index (κ1) is 14.6. The lowest BCUT2D eigenvalue weighted by Gasteiger charge is -2.44. The van der Waals surface area contributed by atoms with Gasteiger partial charge in [-0.05, 0) is 41.6 Å². The number of esters is 1. The third-order valence-corrected chi connectivity index (χ3v) is 5.12. The number of rotatable bonds is 3. The van der Waals surface area contributed by atoms with Crippen LogP contribution in [0.2, 0.25) is 0 Å². The van der Waals surface area contributed by atoms with Crippen molar-refractivity contribution in [2.45, 2.75) is 66.4 Å². The summed E-state index contributed by atoms with van der Waals surface area (Å²) in [6.07, 6.45) is 7.47. The first-order valence-corrected chi connectivity index (χ1v) is 7.72. The van der Waals surface area contributed by atoms with Crippen molar-refractivity contribution in [3.05, 3.63) is 11.6 Å². The van der Waals surface area contributed by atoms with Gasteiger partial charge in [-0.15, -0.1) is 0 Å². The van der Waals surface area contributed by atoms with Gasteiger partial charge >= 0.3 is 5.97 Å². The van der Waals surface area contributed by atoms with Crippen LogP contribution in [0.15, 0.2) is 11.6 Å². The summed E-state index contributed by atoms with van der Waals surface area (Å²) in [7, 11) is 0. The van der Waals surface area contributed by atoms with Gasteiger partial charge in [0.25, 0.3) is 0 Å². The summed E-state index contributed by atoms with van der Waals surface area (Å²) in [5, 5.41) is 0. The number of allylic oxidation sites excluding steroid dienone is 1. The first-order chi connectivity index (χ1) is 8.85. The van der Waals surface area contributed by atoms with Crippen molar-refractivity contribution in [2.24, 2.45) is 23.2 Å². The van der Waals surface area contributed by atoms with Gasteiger partial charge in [0, 0.05) is 6.92 Å². The lowest BCUT2D eigenvalue weighted by atomic mass is 9.62. The van der Waals surface area contributed by atoms with E-state index < -0.39 is 0 Å². The molecular formula is C17H28O2. The second-order valence-electron chi connectivity index (χ2n) is 7.18. The smallest absolute Gasteiger partial charge is 0.303 e. The molecule has 0 heterocycles. The van der Waals surface area contributed by atoms with E-state index in [0.717, 1.165) is 6.42 Å². The molecule has 1 unspecified atom stereocenters. The Morgan fingerprint density at radius 2 is 2.16 bits per heavy atom. The predicted octanol–water partition coefficient (Wildman–Crippen LogP) is 4.35. The maximum Gasteiger partial charge on any atom is 0.303 e. The van der Waals surface area contributed by atoms with Gasteiger partial charge < -0.3 is 4.74 Å². The average Bonchev–Trinajstić information content (AvgIpc) is 2.64. The van der Waals surface area contributed by atoms with Crippen LogP contribution in [0.4, 0.5) is 0 Å². The molecule has 0 aromatic heterocycles. The van der Waals surface area contributed by atoms with Gasteiger partial charge in [-0.25, -0.2) is 0 Å². The number of hydrogen-bond donors (Lipinski definition) is 0. The Hall–Kier alpha value is -0.790. The van der Waals surface area contributed by atoms with Crippen LogP contribution < -0.4 is 0 Å². The zero-order chi connectivity index (χ0) is 14.2. The highest BCUT2D eigenvalue weighted by atomic mass is 16.5. The number of carbonyl (C=O) groups excluding carboxylic acids is 1. The van der Waals surface area contributed by atoms with Crippen molar-refractivity contribution in [1.29, 1.82) is 0 Å². The van der Waals surface area contributed by atoms with Gasteiger partial charge in [0.1, 0.15) is 6.10 Å². The molecule has 2 aliphatic carbocycles. The lowest BCUT2D eigenvalue weighted by Crippen LogP contribution is -2.38. The Morgan fingerprint density at radius 3 is 2.74 bits per heavy atom. The molecule has 1 saturated carbocycles. The standard InChI is InChI=1S/C17H28O2/c1-11(2)16(19-13(4)18)14-8-10-17(5)9-6-7-12(3)15(14)17/h8,11-12,15-16H,6-7,9-10H2,1-5H3/t12?,15-,16-,17+/m1/s1. The quantitative estimate of drug-likeness (QED) is 0.559. The van der Waals surface area contributed by atoms with E-state index in [0.29, 0.717) is 23.2 Å². The summed E-state index contributed by atoms with van der Waals surface area (Å²) in [5.41, 5.74) is 1.81. The third-order valence-electron chi connectivity index (χ3n) is 5.12. The normalized spacial score (nSPS) is 35.8. The van der Waals surface area contributed by atoms with Crippen LogP contribution >= 0.6 is 0 Å². The van der Waals surface area contributed by atoms with Crippen molar-refractivity contribution >= 4 is 5.97 Å². The molecule has 0 aliphatic heterocycles. The Balaban J connectivity index is 2.25. The summed E-state index contributed by atoms with van der Waals surface area (Å²) < 4.78 is 5.63. The molecule has 0 amide bonds. The van der Waals surface area contributed by atoms with Crippen molar-refractivity contribution < 1.29 is 9.53 Å².